The van der Waals surface area contributed by atoms with Crippen LogP contribution < -0.4 is 0 Å². The summed E-state index contributed by atoms with van der Waals surface area (Å²) < 4.78 is 20.5. The van der Waals surface area contributed by atoms with Crippen LogP contribution >= 0.6 is 7.44 Å². The summed E-state index contributed by atoms with van der Waals surface area (Å²) in [5, 5.41) is 10.1. The van der Waals surface area contributed by atoms with E-state index >= 15 is 0 Å². The van der Waals surface area contributed by atoms with Gasteiger partial charge in [-0.05, 0) is 34.3 Å². The Bertz CT molecular complexity index is 336. The van der Waals surface area contributed by atoms with Gasteiger partial charge in [0.15, 0.2) is 5.85 Å². The fraction of sp³-hybridized carbons (Fsp3) is 0.556. The molecule has 0 bridgehead atoms. The van der Waals surface area contributed by atoms with Crippen LogP contribution in [0.5, 0.6) is 0 Å². The van der Waals surface area contributed by atoms with Crippen LogP contribution in [0.4, 0.5) is 0 Å². The van der Waals surface area contributed by atoms with E-state index in [4.69, 9.17) is 4.42 Å². The second-order valence-corrected chi connectivity index (χ2v) is 6.98. The minimum atomic E-state index is -2.98. The zero-order valence-electron chi connectivity index (χ0n) is 9.41. The Morgan fingerprint density at radius 3 is 2.20 bits per heavy atom. The SMILES string of the molecule is CN(C)P(=O)(C(O)c1ccoc1)N(C)C. The summed E-state index contributed by atoms with van der Waals surface area (Å²) in [6.07, 6.45) is 2.86. The summed E-state index contributed by atoms with van der Waals surface area (Å²) in [4.78, 5) is 0. The van der Waals surface area contributed by atoms with Crippen molar-refractivity contribution in [3.8, 4) is 0 Å². The lowest BCUT2D eigenvalue weighted by molar-refractivity contribution is 0.228. The van der Waals surface area contributed by atoms with Gasteiger partial charge in [-0.1, -0.05) is 0 Å². The Morgan fingerprint density at radius 2 is 1.87 bits per heavy atom. The Kier molecular flexibility index (Phi) is 3.73. The fourth-order valence-corrected chi connectivity index (χ4v) is 3.54. The van der Waals surface area contributed by atoms with E-state index in [1.165, 1.54) is 12.5 Å². The van der Waals surface area contributed by atoms with Crippen molar-refractivity contribution < 1.29 is 14.1 Å². The molecule has 0 spiro atoms. The van der Waals surface area contributed by atoms with Gasteiger partial charge in [-0.2, -0.15) is 0 Å². The lowest BCUT2D eigenvalue weighted by Gasteiger charge is -2.33. The number of hydrogen-bond acceptors (Lipinski definition) is 3. The van der Waals surface area contributed by atoms with Gasteiger partial charge >= 0.3 is 0 Å². The Hall–Kier alpha value is -0.610. The zero-order chi connectivity index (χ0) is 11.6. The van der Waals surface area contributed by atoms with Gasteiger partial charge in [0.05, 0.1) is 12.5 Å². The highest BCUT2D eigenvalue weighted by Crippen LogP contribution is 2.60. The summed E-state index contributed by atoms with van der Waals surface area (Å²) >= 11 is 0. The molecule has 0 radical (unpaired) electrons. The summed E-state index contributed by atoms with van der Waals surface area (Å²) in [5.74, 6) is -1.05. The van der Waals surface area contributed by atoms with Gasteiger partial charge in [0.25, 0.3) is 0 Å². The van der Waals surface area contributed by atoms with Gasteiger partial charge in [-0.25, -0.2) is 9.34 Å². The molecule has 1 aromatic rings. The van der Waals surface area contributed by atoms with E-state index in [-0.39, 0.29) is 0 Å². The van der Waals surface area contributed by atoms with Crippen LogP contribution in [0.1, 0.15) is 11.4 Å². The van der Waals surface area contributed by atoms with E-state index in [0.29, 0.717) is 5.56 Å². The molecular formula is C9H17N2O3P. The molecule has 1 heterocycles. The van der Waals surface area contributed by atoms with Crippen LogP contribution in [0.15, 0.2) is 23.0 Å². The summed E-state index contributed by atoms with van der Waals surface area (Å²) in [5.41, 5.74) is 0.528. The van der Waals surface area contributed by atoms with Crippen molar-refractivity contribution >= 4 is 7.44 Å². The molecule has 0 aliphatic heterocycles. The monoisotopic (exact) mass is 232 g/mol. The van der Waals surface area contributed by atoms with E-state index in [9.17, 15) is 9.67 Å². The first-order valence-electron chi connectivity index (χ1n) is 4.56. The molecule has 15 heavy (non-hydrogen) atoms. The third-order valence-electron chi connectivity index (χ3n) is 2.31. The highest BCUT2D eigenvalue weighted by atomic mass is 31.2. The quantitative estimate of drug-likeness (QED) is 0.799. The Balaban J connectivity index is 3.07. The van der Waals surface area contributed by atoms with Crippen molar-refractivity contribution in [2.45, 2.75) is 5.85 Å². The van der Waals surface area contributed by atoms with E-state index in [1.807, 2.05) is 0 Å². The number of hydrogen-bond donors (Lipinski definition) is 1. The molecule has 0 fully saturated rings. The van der Waals surface area contributed by atoms with Crippen molar-refractivity contribution in [1.82, 2.24) is 9.34 Å². The predicted octanol–water partition coefficient (Wildman–Crippen LogP) is 1.59. The summed E-state index contributed by atoms with van der Waals surface area (Å²) in [6, 6.07) is 1.62. The molecule has 0 saturated carbocycles. The second-order valence-electron chi connectivity index (χ2n) is 3.71. The average molecular weight is 232 g/mol. The number of furan rings is 1. The van der Waals surface area contributed by atoms with Crippen molar-refractivity contribution in [2.24, 2.45) is 0 Å². The summed E-state index contributed by atoms with van der Waals surface area (Å²) in [6.45, 7) is 0. The summed E-state index contributed by atoms with van der Waals surface area (Å²) in [7, 11) is 3.76. The van der Waals surface area contributed by atoms with E-state index < -0.39 is 13.3 Å². The third-order valence-corrected chi connectivity index (χ3v) is 5.53. The first kappa shape index (κ1) is 12.5. The van der Waals surface area contributed by atoms with Gasteiger partial charge in [-0.3, -0.25) is 4.57 Å². The van der Waals surface area contributed by atoms with Crippen molar-refractivity contribution in [2.75, 3.05) is 28.2 Å². The van der Waals surface area contributed by atoms with E-state index in [0.717, 1.165) is 0 Å². The van der Waals surface area contributed by atoms with Crippen LogP contribution in [0.25, 0.3) is 0 Å². The van der Waals surface area contributed by atoms with Gasteiger partial charge in [0.2, 0.25) is 7.44 Å². The lowest BCUT2D eigenvalue weighted by Crippen LogP contribution is -2.25. The van der Waals surface area contributed by atoms with Crippen molar-refractivity contribution in [3.63, 3.8) is 0 Å². The molecule has 0 saturated heterocycles. The molecule has 0 amide bonds. The molecule has 0 aromatic carbocycles. The fourth-order valence-electron chi connectivity index (χ4n) is 1.41. The lowest BCUT2D eigenvalue weighted by atomic mass is 10.4. The van der Waals surface area contributed by atoms with Crippen LogP contribution in [0.2, 0.25) is 0 Å². The first-order chi connectivity index (χ1) is 6.90. The maximum absolute atomic E-state index is 12.6. The van der Waals surface area contributed by atoms with Crippen LogP contribution in [-0.4, -0.2) is 42.6 Å². The molecule has 0 aliphatic rings. The number of rotatable bonds is 4. The molecule has 5 nitrogen and oxygen atoms in total. The predicted molar refractivity (Wildman–Crippen MR) is 58.6 cm³/mol. The molecular weight excluding hydrogens is 215 g/mol. The normalized spacial score (nSPS) is 14.9. The second kappa shape index (κ2) is 4.49. The van der Waals surface area contributed by atoms with Gasteiger partial charge in [0.1, 0.15) is 0 Å². The molecule has 1 aromatic heterocycles. The highest BCUT2D eigenvalue weighted by Gasteiger charge is 2.38. The van der Waals surface area contributed by atoms with Crippen LogP contribution in [0.3, 0.4) is 0 Å². The number of aliphatic hydroxyl groups is 1. The molecule has 1 rings (SSSR count). The largest absolute Gasteiger partial charge is 0.472 e. The van der Waals surface area contributed by atoms with Crippen molar-refractivity contribution in [3.05, 3.63) is 24.2 Å². The first-order valence-corrected chi connectivity index (χ1v) is 6.24. The van der Waals surface area contributed by atoms with E-state index in [2.05, 4.69) is 0 Å². The minimum Gasteiger partial charge on any atom is -0.472 e. The molecule has 1 unspecified atom stereocenters. The standard InChI is InChI=1S/C9H17N2O3P/c1-10(2)15(13,11(3)4)9(12)8-5-6-14-7-8/h5-7,9,12H,1-4H3. The molecule has 86 valence electrons. The maximum Gasteiger partial charge on any atom is 0.247 e. The van der Waals surface area contributed by atoms with Crippen molar-refractivity contribution in [1.29, 1.82) is 0 Å². The molecule has 1 N–H and O–H groups in total. The average Bonchev–Trinajstić information content (AvgIpc) is 2.67. The third kappa shape index (κ3) is 2.16. The van der Waals surface area contributed by atoms with Gasteiger partial charge in [-0.15, -0.1) is 0 Å². The van der Waals surface area contributed by atoms with Gasteiger partial charge < -0.3 is 9.52 Å². The Labute approximate surface area is 89.8 Å². The maximum atomic E-state index is 12.6. The zero-order valence-corrected chi connectivity index (χ0v) is 10.3. The molecule has 1 atom stereocenters. The Morgan fingerprint density at radius 1 is 1.33 bits per heavy atom. The molecule has 6 heteroatoms. The number of nitrogens with zero attached hydrogens (tertiary/aromatic N) is 2. The van der Waals surface area contributed by atoms with E-state index in [1.54, 1.807) is 43.6 Å². The minimum absolute atomic E-state index is 0.528. The van der Waals surface area contributed by atoms with Crippen LogP contribution in [-0.2, 0) is 4.57 Å². The molecule has 0 aliphatic carbocycles. The van der Waals surface area contributed by atoms with Gasteiger partial charge in [0, 0.05) is 5.56 Å². The van der Waals surface area contributed by atoms with Crippen LogP contribution in [0, 0.1) is 0 Å². The smallest absolute Gasteiger partial charge is 0.247 e. The highest BCUT2D eigenvalue weighted by molar-refractivity contribution is 7.59. The number of aliphatic hydroxyl groups excluding tert-OH is 1. The topological polar surface area (TPSA) is 56.9 Å².